The molecule has 0 saturated carbocycles. The lowest BCUT2D eigenvalue weighted by molar-refractivity contribution is 0.190. The van der Waals surface area contributed by atoms with Crippen molar-refractivity contribution in [1.29, 1.82) is 0 Å². The van der Waals surface area contributed by atoms with Crippen LogP contribution >= 0.6 is 0 Å². The molecule has 0 spiro atoms. The number of hydrogen-bond acceptors (Lipinski definition) is 3. The highest BCUT2D eigenvalue weighted by atomic mass is 15.1. The highest BCUT2D eigenvalue weighted by Gasteiger charge is 2.18. The summed E-state index contributed by atoms with van der Waals surface area (Å²) in [7, 11) is 4.30. The second-order valence-corrected chi connectivity index (χ2v) is 6.50. The van der Waals surface area contributed by atoms with E-state index in [1.54, 1.807) is 0 Å². The monoisotopic (exact) mass is 289 g/mol. The minimum absolute atomic E-state index is 0.733. The largest absolute Gasteiger partial charge is 0.314 e. The first kappa shape index (κ1) is 16.5. The van der Waals surface area contributed by atoms with Gasteiger partial charge in [0.25, 0.3) is 0 Å². The molecule has 1 aromatic rings. The lowest BCUT2D eigenvalue weighted by atomic mass is 10.0. The van der Waals surface area contributed by atoms with Crippen LogP contribution in [0.15, 0.2) is 30.3 Å². The van der Waals surface area contributed by atoms with Gasteiger partial charge in [0.1, 0.15) is 0 Å². The number of benzene rings is 1. The van der Waals surface area contributed by atoms with E-state index in [4.69, 9.17) is 0 Å². The van der Waals surface area contributed by atoms with E-state index < -0.39 is 0 Å². The van der Waals surface area contributed by atoms with Gasteiger partial charge in [0, 0.05) is 12.6 Å². The fourth-order valence-electron chi connectivity index (χ4n) is 3.00. The van der Waals surface area contributed by atoms with Crippen LogP contribution in [0.1, 0.15) is 31.2 Å². The second kappa shape index (κ2) is 9.19. The molecule has 3 nitrogen and oxygen atoms in total. The molecule has 2 rings (SSSR count). The lowest BCUT2D eigenvalue weighted by Crippen LogP contribution is -2.42. The Morgan fingerprint density at radius 2 is 1.81 bits per heavy atom. The van der Waals surface area contributed by atoms with Crippen molar-refractivity contribution in [3.8, 4) is 0 Å². The summed E-state index contributed by atoms with van der Waals surface area (Å²) in [5.74, 6) is 0. The van der Waals surface area contributed by atoms with E-state index >= 15 is 0 Å². The number of unbranched alkanes of at least 4 members (excludes halogenated alkanes) is 1. The Morgan fingerprint density at radius 3 is 2.48 bits per heavy atom. The van der Waals surface area contributed by atoms with Gasteiger partial charge >= 0.3 is 0 Å². The first-order chi connectivity index (χ1) is 10.2. The Labute approximate surface area is 130 Å². The smallest absolute Gasteiger partial charge is 0.0233 e. The maximum Gasteiger partial charge on any atom is 0.0233 e. The number of likely N-dealkylation sites (tertiary alicyclic amines) is 1. The summed E-state index contributed by atoms with van der Waals surface area (Å²) < 4.78 is 0. The van der Waals surface area contributed by atoms with E-state index in [1.807, 2.05) is 0 Å². The molecule has 1 fully saturated rings. The van der Waals surface area contributed by atoms with Crippen molar-refractivity contribution in [2.75, 3.05) is 40.3 Å². The number of rotatable bonds is 8. The maximum atomic E-state index is 3.73. The van der Waals surface area contributed by atoms with Crippen molar-refractivity contribution in [3.63, 3.8) is 0 Å². The predicted molar refractivity (Wildman–Crippen MR) is 90.5 cm³/mol. The minimum Gasteiger partial charge on any atom is -0.314 e. The van der Waals surface area contributed by atoms with Crippen molar-refractivity contribution in [1.82, 2.24) is 15.1 Å². The molecule has 3 heteroatoms. The Bertz CT molecular complexity index is 369. The molecule has 0 aromatic heterocycles. The normalized spacial score (nSPS) is 17.5. The van der Waals surface area contributed by atoms with E-state index in [0.29, 0.717) is 0 Å². The molecule has 1 aliphatic heterocycles. The van der Waals surface area contributed by atoms with Gasteiger partial charge in [-0.1, -0.05) is 30.3 Å². The molecule has 1 heterocycles. The topological polar surface area (TPSA) is 18.5 Å². The first-order valence-electron chi connectivity index (χ1n) is 8.38. The van der Waals surface area contributed by atoms with Crippen LogP contribution in [0.25, 0.3) is 0 Å². The number of hydrogen-bond donors (Lipinski definition) is 1. The molecule has 0 amide bonds. The SMILES string of the molecule is CN(C)CCCCNC1CCN(Cc2ccccc2)CC1. The zero-order chi connectivity index (χ0) is 14.9. The number of nitrogens with one attached hydrogen (secondary N) is 1. The summed E-state index contributed by atoms with van der Waals surface area (Å²) in [6.45, 7) is 5.94. The quantitative estimate of drug-likeness (QED) is 0.742. The van der Waals surface area contributed by atoms with E-state index in [-0.39, 0.29) is 0 Å². The highest BCUT2D eigenvalue weighted by molar-refractivity contribution is 5.14. The third-order valence-electron chi connectivity index (χ3n) is 4.30. The molecule has 0 unspecified atom stereocenters. The molecule has 1 saturated heterocycles. The van der Waals surface area contributed by atoms with Crippen molar-refractivity contribution in [3.05, 3.63) is 35.9 Å². The van der Waals surface area contributed by atoms with Gasteiger partial charge in [0.05, 0.1) is 0 Å². The van der Waals surface area contributed by atoms with Gasteiger partial charge in [-0.05, 0) is 71.5 Å². The van der Waals surface area contributed by atoms with Gasteiger partial charge in [-0.2, -0.15) is 0 Å². The zero-order valence-electron chi connectivity index (χ0n) is 13.7. The summed E-state index contributed by atoms with van der Waals surface area (Å²) >= 11 is 0. The van der Waals surface area contributed by atoms with Gasteiger partial charge in [-0.3, -0.25) is 4.90 Å². The van der Waals surface area contributed by atoms with Crippen molar-refractivity contribution in [2.45, 2.75) is 38.3 Å². The Morgan fingerprint density at radius 1 is 1.10 bits per heavy atom. The summed E-state index contributed by atoms with van der Waals surface area (Å²) in [5, 5.41) is 3.73. The van der Waals surface area contributed by atoms with Crippen LogP contribution in [-0.4, -0.2) is 56.1 Å². The zero-order valence-corrected chi connectivity index (χ0v) is 13.7. The van der Waals surface area contributed by atoms with Crippen molar-refractivity contribution in [2.24, 2.45) is 0 Å². The van der Waals surface area contributed by atoms with E-state index in [9.17, 15) is 0 Å². The predicted octanol–water partition coefficient (Wildman–Crippen LogP) is 2.58. The van der Waals surface area contributed by atoms with Crippen LogP contribution in [0, 0.1) is 0 Å². The van der Waals surface area contributed by atoms with Crippen molar-refractivity contribution >= 4 is 0 Å². The molecular weight excluding hydrogens is 258 g/mol. The first-order valence-corrected chi connectivity index (χ1v) is 8.38. The fourth-order valence-corrected chi connectivity index (χ4v) is 3.00. The van der Waals surface area contributed by atoms with E-state index in [0.717, 1.165) is 12.6 Å². The van der Waals surface area contributed by atoms with E-state index in [2.05, 4.69) is 59.5 Å². The van der Waals surface area contributed by atoms with Crippen LogP contribution in [0.5, 0.6) is 0 Å². The Balaban J connectivity index is 1.56. The molecule has 0 aliphatic carbocycles. The average molecular weight is 289 g/mol. The van der Waals surface area contributed by atoms with Gasteiger partial charge in [-0.15, -0.1) is 0 Å². The standard InChI is InChI=1S/C18H31N3/c1-20(2)13-7-6-12-19-18-10-14-21(15-11-18)16-17-8-4-3-5-9-17/h3-5,8-9,18-19H,6-7,10-16H2,1-2H3. The molecule has 1 aromatic carbocycles. The van der Waals surface area contributed by atoms with Gasteiger partial charge < -0.3 is 10.2 Å². The van der Waals surface area contributed by atoms with Gasteiger partial charge in [-0.25, -0.2) is 0 Å². The Hall–Kier alpha value is -0.900. The Kier molecular flexibility index (Phi) is 7.20. The summed E-state index contributed by atoms with van der Waals surface area (Å²) in [6, 6.07) is 11.6. The third-order valence-corrected chi connectivity index (χ3v) is 4.30. The molecule has 0 atom stereocenters. The van der Waals surface area contributed by atoms with Crippen LogP contribution < -0.4 is 5.32 Å². The summed E-state index contributed by atoms with van der Waals surface area (Å²) in [6.07, 6.45) is 5.18. The van der Waals surface area contributed by atoms with E-state index in [1.165, 1.54) is 57.4 Å². The molecule has 21 heavy (non-hydrogen) atoms. The average Bonchev–Trinajstić information content (AvgIpc) is 2.49. The van der Waals surface area contributed by atoms with Gasteiger partial charge in [0.2, 0.25) is 0 Å². The van der Waals surface area contributed by atoms with Gasteiger partial charge in [0.15, 0.2) is 0 Å². The molecular formula is C18H31N3. The minimum atomic E-state index is 0.733. The van der Waals surface area contributed by atoms with Crippen LogP contribution in [0.2, 0.25) is 0 Å². The molecule has 1 aliphatic rings. The molecule has 118 valence electrons. The van der Waals surface area contributed by atoms with Crippen molar-refractivity contribution < 1.29 is 0 Å². The third kappa shape index (κ3) is 6.60. The number of nitrogens with zero attached hydrogens (tertiary/aromatic N) is 2. The highest BCUT2D eigenvalue weighted by Crippen LogP contribution is 2.13. The number of piperidine rings is 1. The van der Waals surface area contributed by atoms with Crippen LogP contribution in [-0.2, 0) is 6.54 Å². The molecule has 0 radical (unpaired) electrons. The molecule has 0 bridgehead atoms. The summed E-state index contributed by atoms with van der Waals surface area (Å²) in [4.78, 5) is 4.85. The second-order valence-electron chi connectivity index (χ2n) is 6.50. The summed E-state index contributed by atoms with van der Waals surface area (Å²) in [5.41, 5.74) is 1.44. The lowest BCUT2D eigenvalue weighted by Gasteiger charge is -2.32. The molecule has 1 N–H and O–H groups in total. The maximum absolute atomic E-state index is 3.73. The van der Waals surface area contributed by atoms with Crippen LogP contribution in [0.3, 0.4) is 0 Å². The van der Waals surface area contributed by atoms with Crippen LogP contribution in [0.4, 0.5) is 0 Å². The fraction of sp³-hybridized carbons (Fsp3) is 0.667.